The van der Waals surface area contributed by atoms with Crippen molar-refractivity contribution in [2.24, 2.45) is 0 Å². The van der Waals surface area contributed by atoms with Gasteiger partial charge >= 0.3 is 0 Å². The van der Waals surface area contributed by atoms with E-state index in [1.807, 2.05) is 32.9 Å². The van der Waals surface area contributed by atoms with Gasteiger partial charge in [-0.3, -0.25) is 14.5 Å². The Morgan fingerprint density at radius 3 is 2.18 bits per heavy atom. The Kier molecular flexibility index (Phi) is 5.68. The second-order valence-corrected chi connectivity index (χ2v) is 8.21. The molecular formula is C27H25NO5. The summed E-state index contributed by atoms with van der Waals surface area (Å²) >= 11 is 0. The lowest BCUT2D eigenvalue weighted by Gasteiger charge is -2.26. The molecule has 1 heterocycles. The number of amides is 1. The average molecular weight is 443 g/mol. The maximum Gasteiger partial charge on any atom is 0.300 e. The first-order valence-electron chi connectivity index (χ1n) is 10.5. The van der Waals surface area contributed by atoms with E-state index in [9.17, 15) is 19.8 Å². The van der Waals surface area contributed by atoms with Crippen LogP contribution >= 0.6 is 0 Å². The molecule has 1 unspecified atom stereocenters. The van der Waals surface area contributed by atoms with Gasteiger partial charge in [0.1, 0.15) is 17.3 Å². The van der Waals surface area contributed by atoms with Gasteiger partial charge in [-0.1, -0.05) is 18.2 Å². The maximum absolute atomic E-state index is 13.2. The zero-order valence-corrected chi connectivity index (χ0v) is 18.9. The highest BCUT2D eigenvalue weighted by Gasteiger charge is 2.47. The molecule has 6 nitrogen and oxygen atoms in total. The molecule has 2 N–H and O–H groups in total. The van der Waals surface area contributed by atoms with E-state index in [0.717, 1.165) is 16.7 Å². The molecule has 1 aliphatic heterocycles. The van der Waals surface area contributed by atoms with Crippen LogP contribution in [-0.2, 0) is 9.59 Å². The predicted octanol–water partition coefficient (Wildman–Crippen LogP) is 4.95. The highest BCUT2D eigenvalue weighted by Crippen LogP contribution is 2.43. The fourth-order valence-corrected chi connectivity index (χ4v) is 4.13. The fourth-order valence-electron chi connectivity index (χ4n) is 4.13. The smallest absolute Gasteiger partial charge is 0.300 e. The van der Waals surface area contributed by atoms with Gasteiger partial charge in [0.25, 0.3) is 11.7 Å². The number of carbonyl (C=O) groups is 2. The summed E-state index contributed by atoms with van der Waals surface area (Å²) in [5, 5.41) is 21.0. The number of aliphatic hydroxyl groups excluding tert-OH is 1. The number of hydrogen-bond donors (Lipinski definition) is 2. The molecule has 4 rings (SSSR count). The number of phenolic OH excluding ortho intramolecular Hbond substituents is 1. The number of aryl methyl sites for hydroxylation is 3. The van der Waals surface area contributed by atoms with E-state index in [4.69, 9.17) is 4.74 Å². The lowest BCUT2D eigenvalue weighted by molar-refractivity contribution is -0.132. The van der Waals surface area contributed by atoms with Crippen molar-refractivity contribution in [3.63, 3.8) is 0 Å². The van der Waals surface area contributed by atoms with Crippen molar-refractivity contribution in [1.29, 1.82) is 0 Å². The molecule has 168 valence electrons. The summed E-state index contributed by atoms with van der Waals surface area (Å²) in [6.07, 6.45) is 0. The molecule has 1 aliphatic rings. The number of nitrogens with zero attached hydrogens (tertiary/aromatic N) is 1. The summed E-state index contributed by atoms with van der Waals surface area (Å²) in [5.74, 6) is -1.03. The summed E-state index contributed by atoms with van der Waals surface area (Å²) in [6, 6.07) is 16.0. The summed E-state index contributed by atoms with van der Waals surface area (Å²) in [6.45, 7) is 5.74. The van der Waals surface area contributed by atoms with Crippen LogP contribution in [0.3, 0.4) is 0 Å². The van der Waals surface area contributed by atoms with Crippen LogP contribution in [-0.4, -0.2) is 29.0 Å². The number of aromatic hydroxyl groups is 1. The Bertz CT molecular complexity index is 1290. The third-order valence-electron chi connectivity index (χ3n) is 6.09. The Balaban J connectivity index is 1.94. The van der Waals surface area contributed by atoms with Gasteiger partial charge in [-0.2, -0.15) is 0 Å². The molecule has 0 saturated carbocycles. The van der Waals surface area contributed by atoms with Gasteiger partial charge in [-0.05, 0) is 85.5 Å². The molecule has 33 heavy (non-hydrogen) atoms. The first-order chi connectivity index (χ1) is 15.7. The van der Waals surface area contributed by atoms with Crippen molar-refractivity contribution < 1.29 is 24.5 Å². The molecule has 0 spiro atoms. The Hall–Kier alpha value is -4.06. The number of anilines is 1. The normalized spacial score (nSPS) is 17.5. The molecule has 1 fully saturated rings. The van der Waals surface area contributed by atoms with Crippen LogP contribution in [0.4, 0.5) is 5.69 Å². The number of hydrogen-bond acceptors (Lipinski definition) is 5. The second-order valence-electron chi connectivity index (χ2n) is 8.21. The number of carbonyl (C=O) groups excluding carboxylic acids is 2. The summed E-state index contributed by atoms with van der Waals surface area (Å²) in [7, 11) is 1.56. The molecule has 6 heteroatoms. The van der Waals surface area contributed by atoms with Gasteiger partial charge in [0.2, 0.25) is 0 Å². The van der Waals surface area contributed by atoms with Crippen molar-refractivity contribution in [2.45, 2.75) is 26.8 Å². The number of ketones is 1. The minimum atomic E-state index is -0.852. The zero-order chi connectivity index (χ0) is 23.9. The van der Waals surface area contributed by atoms with Crippen molar-refractivity contribution >= 4 is 23.1 Å². The van der Waals surface area contributed by atoms with E-state index >= 15 is 0 Å². The molecule has 1 saturated heterocycles. The standard InChI is InChI=1S/C27H25NO5/c1-15-5-9-20(14-16(15)2)28-24(18-6-10-21(29)11-7-18)23(26(31)27(28)32)25(30)19-8-12-22(33-4)17(3)13-19/h5-14,24,29-30H,1-4H3/b25-23+. The van der Waals surface area contributed by atoms with Gasteiger partial charge in [-0.25, -0.2) is 0 Å². The van der Waals surface area contributed by atoms with Crippen LogP contribution < -0.4 is 9.64 Å². The molecule has 0 aromatic heterocycles. The third-order valence-corrected chi connectivity index (χ3v) is 6.09. The molecule has 3 aromatic carbocycles. The minimum Gasteiger partial charge on any atom is -0.508 e. The maximum atomic E-state index is 13.2. The van der Waals surface area contributed by atoms with E-state index < -0.39 is 17.7 Å². The van der Waals surface area contributed by atoms with E-state index in [2.05, 4.69) is 0 Å². The molecule has 1 atom stereocenters. The number of benzene rings is 3. The average Bonchev–Trinajstić information content (AvgIpc) is 3.06. The predicted molar refractivity (Wildman–Crippen MR) is 127 cm³/mol. The van der Waals surface area contributed by atoms with Crippen LogP contribution in [0.1, 0.15) is 33.9 Å². The van der Waals surface area contributed by atoms with E-state index in [1.54, 1.807) is 43.5 Å². The van der Waals surface area contributed by atoms with Crippen LogP contribution in [0.5, 0.6) is 11.5 Å². The molecule has 1 amide bonds. The number of aliphatic hydroxyl groups is 1. The first-order valence-corrected chi connectivity index (χ1v) is 10.5. The summed E-state index contributed by atoms with van der Waals surface area (Å²) in [4.78, 5) is 27.9. The lowest BCUT2D eigenvalue weighted by Crippen LogP contribution is -2.29. The SMILES string of the molecule is COc1ccc(/C(O)=C2\C(=O)C(=O)N(c3ccc(C)c(C)c3)C2c2ccc(O)cc2)cc1C. The third kappa shape index (κ3) is 3.84. The quantitative estimate of drug-likeness (QED) is 0.338. The summed E-state index contributed by atoms with van der Waals surface area (Å²) in [5.41, 5.74) is 4.38. The Labute approximate surface area is 192 Å². The highest BCUT2D eigenvalue weighted by atomic mass is 16.5. The number of ether oxygens (including phenoxy) is 1. The van der Waals surface area contributed by atoms with Crippen molar-refractivity contribution in [3.8, 4) is 11.5 Å². The van der Waals surface area contributed by atoms with Crippen LogP contribution in [0.2, 0.25) is 0 Å². The monoisotopic (exact) mass is 443 g/mol. The van der Waals surface area contributed by atoms with Crippen LogP contribution in [0.25, 0.3) is 5.76 Å². The number of phenols is 1. The zero-order valence-electron chi connectivity index (χ0n) is 18.9. The van der Waals surface area contributed by atoms with E-state index in [0.29, 0.717) is 22.6 Å². The molecule has 0 radical (unpaired) electrons. The molecular weight excluding hydrogens is 418 g/mol. The van der Waals surface area contributed by atoms with Crippen LogP contribution in [0.15, 0.2) is 66.2 Å². The highest BCUT2D eigenvalue weighted by molar-refractivity contribution is 6.51. The fraction of sp³-hybridized carbons (Fsp3) is 0.185. The minimum absolute atomic E-state index is 0.00603. The number of Topliss-reactive ketones (excluding diaryl/α,β-unsaturated/α-hetero) is 1. The van der Waals surface area contributed by atoms with Crippen molar-refractivity contribution in [2.75, 3.05) is 12.0 Å². The molecule has 0 bridgehead atoms. The second kappa shape index (κ2) is 8.47. The van der Waals surface area contributed by atoms with Crippen molar-refractivity contribution in [1.82, 2.24) is 0 Å². The largest absolute Gasteiger partial charge is 0.508 e. The Morgan fingerprint density at radius 2 is 1.58 bits per heavy atom. The summed E-state index contributed by atoms with van der Waals surface area (Å²) < 4.78 is 5.29. The van der Waals surface area contributed by atoms with Crippen molar-refractivity contribution in [3.05, 3.63) is 94.1 Å². The van der Waals surface area contributed by atoms with Gasteiger partial charge in [0.05, 0.1) is 18.7 Å². The lowest BCUT2D eigenvalue weighted by atomic mass is 9.94. The molecule has 3 aromatic rings. The van der Waals surface area contributed by atoms with Gasteiger partial charge < -0.3 is 14.9 Å². The topological polar surface area (TPSA) is 87.1 Å². The number of rotatable bonds is 4. The van der Waals surface area contributed by atoms with E-state index in [1.165, 1.54) is 17.0 Å². The van der Waals surface area contributed by atoms with Gasteiger partial charge in [0, 0.05) is 11.3 Å². The number of methoxy groups -OCH3 is 1. The van der Waals surface area contributed by atoms with E-state index in [-0.39, 0.29) is 17.1 Å². The van der Waals surface area contributed by atoms with Gasteiger partial charge in [-0.15, -0.1) is 0 Å². The van der Waals surface area contributed by atoms with Gasteiger partial charge in [0.15, 0.2) is 0 Å². The first kappa shape index (κ1) is 22.1. The molecule has 0 aliphatic carbocycles. The van der Waals surface area contributed by atoms with Crippen LogP contribution in [0, 0.1) is 20.8 Å². The Morgan fingerprint density at radius 1 is 0.879 bits per heavy atom.